The predicted octanol–water partition coefficient (Wildman–Crippen LogP) is 2.44. The molecule has 4 atom stereocenters. The molecule has 2 aliphatic carbocycles. The number of hydrogen-bond acceptors (Lipinski definition) is 1. The maximum atomic E-state index is 9.55. The van der Waals surface area contributed by atoms with E-state index in [1.165, 1.54) is 19.3 Å². The minimum Gasteiger partial charge on any atom is -0.393 e. The van der Waals surface area contributed by atoms with Crippen molar-refractivity contribution in [2.75, 3.05) is 0 Å². The lowest BCUT2D eigenvalue weighted by Crippen LogP contribution is -2.16. The molecule has 1 heteroatoms. The van der Waals surface area contributed by atoms with Crippen molar-refractivity contribution in [1.82, 2.24) is 0 Å². The molecule has 0 saturated heterocycles. The molecule has 1 nitrogen and oxygen atoms in total. The van der Waals surface area contributed by atoms with E-state index in [0.717, 1.165) is 11.8 Å². The highest BCUT2D eigenvalue weighted by Gasteiger charge is 2.63. The third-order valence-corrected chi connectivity index (χ3v) is 4.41. The summed E-state index contributed by atoms with van der Waals surface area (Å²) >= 11 is 0. The van der Waals surface area contributed by atoms with Gasteiger partial charge in [-0.2, -0.15) is 0 Å². The minimum atomic E-state index is -0.0712. The van der Waals surface area contributed by atoms with Gasteiger partial charge in [-0.15, -0.1) is 0 Å². The molecule has 2 fully saturated rings. The van der Waals surface area contributed by atoms with E-state index in [4.69, 9.17) is 0 Å². The highest BCUT2D eigenvalue weighted by Crippen LogP contribution is 2.70. The molecular formula is C11H20O. The standard InChI is InChI=1S/C11H20O/c1-7(2)11-5-4-9(8(3)12)10(11)6-11/h7-10,12H,4-6H2,1-3H3/t8-,9-,10+,11+/m0/s1. The van der Waals surface area contributed by atoms with Crippen LogP contribution in [0.4, 0.5) is 0 Å². The van der Waals surface area contributed by atoms with E-state index in [-0.39, 0.29) is 6.10 Å². The Morgan fingerprint density at radius 1 is 1.33 bits per heavy atom. The summed E-state index contributed by atoms with van der Waals surface area (Å²) in [5.41, 5.74) is 0.654. The number of aliphatic hydroxyl groups excluding tert-OH is 1. The molecule has 2 saturated carbocycles. The molecule has 2 aliphatic rings. The van der Waals surface area contributed by atoms with Crippen molar-refractivity contribution in [3.05, 3.63) is 0 Å². The van der Waals surface area contributed by atoms with Gasteiger partial charge in [0.15, 0.2) is 0 Å². The summed E-state index contributed by atoms with van der Waals surface area (Å²) in [5.74, 6) is 2.30. The maximum absolute atomic E-state index is 9.55. The normalized spacial score (nSPS) is 47.8. The summed E-state index contributed by atoms with van der Waals surface area (Å²) in [6.07, 6.45) is 3.95. The monoisotopic (exact) mass is 168 g/mol. The van der Waals surface area contributed by atoms with Gasteiger partial charge in [0.05, 0.1) is 6.10 Å². The SMILES string of the molecule is CC(C)[C@]12CC[C@@H]([C@H](C)O)[C@H]1C2. The lowest BCUT2D eigenvalue weighted by atomic mass is 9.90. The van der Waals surface area contributed by atoms with Crippen LogP contribution in [0.3, 0.4) is 0 Å². The zero-order valence-electron chi connectivity index (χ0n) is 8.38. The van der Waals surface area contributed by atoms with Gasteiger partial charge in [-0.25, -0.2) is 0 Å². The van der Waals surface area contributed by atoms with Gasteiger partial charge in [0.2, 0.25) is 0 Å². The van der Waals surface area contributed by atoms with Crippen molar-refractivity contribution >= 4 is 0 Å². The van der Waals surface area contributed by atoms with Gasteiger partial charge in [0, 0.05) is 0 Å². The smallest absolute Gasteiger partial charge is 0.0543 e. The van der Waals surface area contributed by atoms with Crippen molar-refractivity contribution in [3.8, 4) is 0 Å². The van der Waals surface area contributed by atoms with Gasteiger partial charge >= 0.3 is 0 Å². The predicted molar refractivity (Wildman–Crippen MR) is 49.8 cm³/mol. The summed E-state index contributed by atoms with van der Waals surface area (Å²) in [4.78, 5) is 0. The highest BCUT2D eigenvalue weighted by atomic mass is 16.3. The van der Waals surface area contributed by atoms with Crippen molar-refractivity contribution in [3.63, 3.8) is 0 Å². The third kappa shape index (κ3) is 0.953. The average Bonchev–Trinajstić information content (AvgIpc) is 2.58. The number of fused-ring (bicyclic) bond motifs is 1. The molecule has 0 aliphatic heterocycles. The van der Waals surface area contributed by atoms with Crippen molar-refractivity contribution in [1.29, 1.82) is 0 Å². The van der Waals surface area contributed by atoms with Gasteiger partial charge in [-0.05, 0) is 49.4 Å². The Labute approximate surface area is 75.2 Å². The van der Waals surface area contributed by atoms with Crippen LogP contribution in [0, 0.1) is 23.2 Å². The van der Waals surface area contributed by atoms with E-state index < -0.39 is 0 Å². The van der Waals surface area contributed by atoms with E-state index in [1.807, 2.05) is 6.92 Å². The van der Waals surface area contributed by atoms with Crippen LogP contribution in [0.5, 0.6) is 0 Å². The quantitative estimate of drug-likeness (QED) is 0.671. The van der Waals surface area contributed by atoms with Gasteiger partial charge in [0.25, 0.3) is 0 Å². The van der Waals surface area contributed by atoms with Crippen LogP contribution >= 0.6 is 0 Å². The second-order valence-corrected chi connectivity index (χ2v) is 5.14. The van der Waals surface area contributed by atoms with Crippen molar-refractivity contribution < 1.29 is 5.11 Å². The van der Waals surface area contributed by atoms with Gasteiger partial charge in [-0.3, -0.25) is 0 Å². The molecule has 0 unspecified atom stereocenters. The zero-order valence-corrected chi connectivity index (χ0v) is 8.38. The largest absolute Gasteiger partial charge is 0.393 e. The molecule has 0 amide bonds. The van der Waals surface area contributed by atoms with Gasteiger partial charge < -0.3 is 5.11 Å². The molecule has 2 rings (SSSR count). The molecule has 70 valence electrons. The molecule has 1 N–H and O–H groups in total. The first-order valence-electron chi connectivity index (χ1n) is 5.26. The van der Waals surface area contributed by atoms with E-state index in [2.05, 4.69) is 13.8 Å². The Kier molecular flexibility index (Phi) is 1.76. The van der Waals surface area contributed by atoms with Crippen LogP contribution in [0.1, 0.15) is 40.0 Å². The van der Waals surface area contributed by atoms with Crippen LogP contribution in [-0.4, -0.2) is 11.2 Å². The van der Waals surface area contributed by atoms with Gasteiger partial charge in [-0.1, -0.05) is 13.8 Å². The molecule has 0 radical (unpaired) electrons. The fourth-order valence-corrected chi connectivity index (χ4v) is 3.38. The lowest BCUT2D eigenvalue weighted by Gasteiger charge is -2.15. The molecule has 0 spiro atoms. The van der Waals surface area contributed by atoms with Crippen LogP contribution in [0.25, 0.3) is 0 Å². The fraction of sp³-hybridized carbons (Fsp3) is 1.00. The topological polar surface area (TPSA) is 20.2 Å². The third-order valence-electron chi connectivity index (χ3n) is 4.41. The second kappa shape index (κ2) is 2.47. The summed E-state index contributed by atoms with van der Waals surface area (Å²) < 4.78 is 0. The van der Waals surface area contributed by atoms with Crippen molar-refractivity contribution in [2.24, 2.45) is 23.2 Å². The number of aliphatic hydroxyl groups is 1. The summed E-state index contributed by atoms with van der Waals surface area (Å²) in [6.45, 7) is 6.63. The molecule has 0 aromatic carbocycles. The molecule has 0 aromatic heterocycles. The summed E-state index contributed by atoms with van der Waals surface area (Å²) in [7, 11) is 0. The summed E-state index contributed by atoms with van der Waals surface area (Å²) in [5, 5.41) is 9.55. The number of hydrogen-bond donors (Lipinski definition) is 1. The molecule has 0 bridgehead atoms. The first-order chi connectivity index (χ1) is 5.58. The Morgan fingerprint density at radius 2 is 2.00 bits per heavy atom. The first kappa shape index (κ1) is 8.55. The van der Waals surface area contributed by atoms with Crippen LogP contribution in [0.2, 0.25) is 0 Å². The fourth-order valence-electron chi connectivity index (χ4n) is 3.38. The Morgan fingerprint density at radius 3 is 2.25 bits per heavy atom. The van der Waals surface area contributed by atoms with Crippen LogP contribution < -0.4 is 0 Å². The zero-order chi connectivity index (χ0) is 8.93. The molecule has 12 heavy (non-hydrogen) atoms. The lowest BCUT2D eigenvalue weighted by molar-refractivity contribution is 0.115. The molecule has 0 heterocycles. The van der Waals surface area contributed by atoms with E-state index >= 15 is 0 Å². The van der Waals surface area contributed by atoms with Crippen molar-refractivity contribution in [2.45, 2.75) is 46.1 Å². The highest BCUT2D eigenvalue weighted by molar-refractivity contribution is 5.12. The van der Waals surface area contributed by atoms with E-state index in [9.17, 15) is 5.11 Å². The maximum Gasteiger partial charge on any atom is 0.0543 e. The molecule has 0 aromatic rings. The van der Waals surface area contributed by atoms with E-state index in [0.29, 0.717) is 11.3 Å². The second-order valence-electron chi connectivity index (χ2n) is 5.14. The van der Waals surface area contributed by atoms with Gasteiger partial charge in [0.1, 0.15) is 0 Å². The molecular weight excluding hydrogens is 148 g/mol. The Balaban J connectivity index is 2.05. The van der Waals surface area contributed by atoms with Crippen LogP contribution in [-0.2, 0) is 0 Å². The Bertz CT molecular complexity index is 185. The van der Waals surface area contributed by atoms with E-state index in [1.54, 1.807) is 0 Å². The van der Waals surface area contributed by atoms with Crippen LogP contribution in [0.15, 0.2) is 0 Å². The number of rotatable bonds is 2. The Hall–Kier alpha value is -0.0400. The summed E-state index contributed by atoms with van der Waals surface area (Å²) in [6, 6.07) is 0. The minimum absolute atomic E-state index is 0.0712. The average molecular weight is 168 g/mol. The first-order valence-corrected chi connectivity index (χ1v) is 5.26.